The van der Waals surface area contributed by atoms with Crippen LogP contribution in [0.1, 0.15) is 10.6 Å². The van der Waals surface area contributed by atoms with Crippen molar-refractivity contribution in [2.75, 3.05) is 0 Å². The van der Waals surface area contributed by atoms with E-state index in [1.165, 1.54) is 16.4 Å². The molecule has 0 aromatic carbocycles. The Labute approximate surface area is 98.5 Å². The van der Waals surface area contributed by atoms with Crippen molar-refractivity contribution in [3.63, 3.8) is 0 Å². The second-order valence-corrected chi connectivity index (χ2v) is 5.25. The molecule has 2 aromatic rings. The van der Waals surface area contributed by atoms with Crippen LogP contribution in [0.2, 0.25) is 0 Å². The zero-order valence-corrected chi connectivity index (χ0v) is 10.5. The molecule has 0 fully saturated rings. The van der Waals surface area contributed by atoms with Crippen LogP contribution in [-0.4, -0.2) is 9.59 Å². The highest BCUT2D eigenvalue weighted by molar-refractivity contribution is 9.10. The summed E-state index contributed by atoms with van der Waals surface area (Å²) in [7, 11) is 0. The molecule has 0 spiro atoms. The van der Waals surface area contributed by atoms with E-state index >= 15 is 0 Å². The van der Waals surface area contributed by atoms with Crippen LogP contribution in [0.5, 0.6) is 0 Å². The van der Waals surface area contributed by atoms with Gasteiger partial charge in [0.05, 0.1) is 5.69 Å². The Morgan fingerprint density at radius 2 is 2.29 bits per heavy atom. The molecular weight excluding hydrogens is 282 g/mol. The Bertz CT molecular complexity index is 385. The number of rotatable bonds is 4. The average Bonchev–Trinajstić information content (AvgIpc) is 2.77. The molecule has 6 heteroatoms. The summed E-state index contributed by atoms with van der Waals surface area (Å²) in [4.78, 5) is 1.32. The van der Waals surface area contributed by atoms with Gasteiger partial charge in [-0.3, -0.25) is 0 Å². The van der Waals surface area contributed by atoms with Gasteiger partial charge in [-0.15, -0.1) is 16.4 Å². The lowest BCUT2D eigenvalue weighted by molar-refractivity contribution is 0.684. The first kappa shape index (κ1) is 10.2. The van der Waals surface area contributed by atoms with Crippen LogP contribution in [0.4, 0.5) is 0 Å². The van der Waals surface area contributed by atoms with Gasteiger partial charge in [-0.2, -0.15) is 0 Å². The number of halogens is 1. The predicted octanol–water partition coefficient (Wildman–Crippen LogP) is 2.65. The summed E-state index contributed by atoms with van der Waals surface area (Å²) in [5.41, 5.74) is 1.01. The van der Waals surface area contributed by atoms with Crippen LogP contribution in [-0.2, 0) is 13.1 Å². The van der Waals surface area contributed by atoms with E-state index in [-0.39, 0.29) is 0 Å². The molecule has 0 saturated heterocycles. The summed E-state index contributed by atoms with van der Waals surface area (Å²) >= 11 is 6.55. The van der Waals surface area contributed by atoms with Crippen molar-refractivity contribution in [1.29, 1.82) is 0 Å². The van der Waals surface area contributed by atoms with Gasteiger partial charge in [-0.25, -0.2) is 0 Å². The van der Waals surface area contributed by atoms with E-state index in [1.54, 1.807) is 11.3 Å². The maximum atomic E-state index is 3.95. The van der Waals surface area contributed by atoms with Crippen LogP contribution in [0, 0.1) is 0 Å². The van der Waals surface area contributed by atoms with Gasteiger partial charge in [0.1, 0.15) is 0 Å². The van der Waals surface area contributed by atoms with Crippen molar-refractivity contribution in [2.45, 2.75) is 13.1 Å². The molecule has 2 heterocycles. The molecule has 0 aliphatic carbocycles. The van der Waals surface area contributed by atoms with Crippen molar-refractivity contribution >= 4 is 38.8 Å². The van der Waals surface area contributed by atoms with Gasteiger partial charge in [0.25, 0.3) is 0 Å². The highest BCUT2D eigenvalue weighted by atomic mass is 79.9. The SMILES string of the molecule is Brc1csc(CNCc2csnn2)c1. The van der Waals surface area contributed by atoms with E-state index in [1.807, 2.05) is 5.38 Å². The highest BCUT2D eigenvalue weighted by Crippen LogP contribution is 2.19. The molecule has 2 aromatic heterocycles. The fourth-order valence-corrected chi connectivity index (χ4v) is 2.89. The summed E-state index contributed by atoms with van der Waals surface area (Å²) in [6.07, 6.45) is 0. The molecule has 0 aliphatic heterocycles. The van der Waals surface area contributed by atoms with E-state index in [2.05, 4.69) is 42.3 Å². The lowest BCUT2D eigenvalue weighted by Gasteiger charge is -1.98. The number of thiophene rings is 1. The summed E-state index contributed by atoms with van der Waals surface area (Å²) in [5.74, 6) is 0. The largest absolute Gasteiger partial charge is 0.306 e. The smallest absolute Gasteiger partial charge is 0.0893 e. The Balaban J connectivity index is 1.78. The third kappa shape index (κ3) is 2.84. The lowest BCUT2D eigenvalue weighted by Crippen LogP contribution is -2.11. The summed E-state index contributed by atoms with van der Waals surface area (Å²) < 4.78 is 4.95. The molecule has 1 N–H and O–H groups in total. The first-order valence-electron chi connectivity index (χ1n) is 4.04. The van der Waals surface area contributed by atoms with Gasteiger partial charge >= 0.3 is 0 Å². The third-order valence-corrected chi connectivity index (χ3v) is 3.88. The Kier molecular flexibility index (Phi) is 3.63. The standard InChI is InChI=1S/C8H8BrN3S2/c9-6-1-8(13-4-6)3-10-2-7-5-14-12-11-7/h1,4-5,10H,2-3H2. The second kappa shape index (κ2) is 4.97. The zero-order valence-electron chi connectivity index (χ0n) is 7.24. The van der Waals surface area contributed by atoms with Gasteiger partial charge < -0.3 is 5.32 Å². The molecule has 0 amide bonds. The van der Waals surface area contributed by atoms with Gasteiger partial charge in [0.2, 0.25) is 0 Å². The number of nitrogens with zero attached hydrogens (tertiary/aromatic N) is 2. The summed E-state index contributed by atoms with van der Waals surface area (Å²) in [6.45, 7) is 1.67. The predicted molar refractivity (Wildman–Crippen MR) is 62.5 cm³/mol. The Morgan fingerprint density at radius 1 is 1.36 bits per heavy atom. The van der Waals surface area contributed by atoms with Gasteiger partial charge in [-0.05, 0) is 33.5 Å². The van der Waals surface area contributed by atoms with E-state index in [9.17, 15) is 0 Å². The van der Waals surface area contributed by atoms with Crippen LogP contribution < -0.4 is 5.32 Å². The first-order chi connectivity index (χ1) is 6.84. The minimum Gasteiger partial charge on any atom is -0.306 e. The number of hydrogen-bond acceptors (Lipinski definition) is 5. The maximum absolute atomic E-state index is 3.95. The van der Waals surface area contributed by atoms with E-state index < -0.39 is 0 Å². The molecule has 74 valence electrons. The Morgan fingerprint density at radius 3 is 2.93 bits per heavy atom. The fourth-order valence-electron chi connectivity index (χ4n) is 1.02. The van der Waals surface area contributed by atoms with Crippen LogP contribution >= 0.6 is 38.8 Å². The minimum absolute atomic E-state index is 0.784. The number of hydrogen-bond donors (Lipinski definition) is 1. The van der Waals surface area contributed by atoms with Gasteiger partial charge in [0.15, 0.2) is 0 Å². The van der Waals surface area contributed by atoms with Crippen LogP contribution in [0.25, 0.3) is 0 Å². The van der Waals surface area contributed by atoms with Crippen LogP contribution in [0.3, 0.4) is 0 Å². The van der Waals surface area contributed by atoms with Gasteiger partial charge in [0, 0.05) is 33.2 Å². The maximum Gasteiger partial charge on any atom is 0.0893 e. The summed E-state index contributed by atoms with van der Waals surface area (Å²) in [5, 5.41) is 11.3. The third-order valence-electron chi connectivity index (χ3n) is 1.63. The molecule has 3 nitrogen and oxygen atoms in total. The second-order valence-electron chi connectivity index (χ2n) is 2.73. The lowest BCUT2D eigenvalue weighted by atomic mass is 10.4. The van der Waals surface area contributed by atoms with E-state index in [0.717, 1.165) is 23.3 Å². The first-order valence-corrected chi connectivity index (χ1v) is 6.55. The van der Waals surface area contributed by atoms with Crippen molar-refractivity contribution in [2.24, 2.45) is 0 Å². The normalized spacial score (nSPS) is 10.6. The topological polar surface area (TPSA) is 37.8 Å². The minimum atomic E-state index is 0.784. The van der Waals surface area contributed by atoms with Crippen LogP contribution in [0.15, 0.2) is 21.3 Å². The summed E-state index contributed by atoms with van der Waals surface area (Å²) in [6, 6.07) is 2.12. The van der Waals surface area contributed by atoms with Crippen molar-refractivity contribution in [3.05, 3.63) is 31.9 Å². The number of nitrogens with one attached hydrogen (secondary N) is 1. The average molecular weight is 290 g/mol. The van der Waals surface area contributed by atoms with E-state index in [4.69, 9.17) is 0 Å². The molecule has 0 atom stereocenters. The number of aromatic nitrogens is 2. The zero-order chi connectivity index (χ0) is 9.80. The molecule has 2 rings (SSSR count). The van der Waals surface area contributed by atoms with Crippen molar-refractivity contribution < 1.29 is 0 Å². The van der Waals surface area contributed by atoms with Gasteiger partial charge in [-0.1, -0.05) is 4.49 Å². The molecule has 0 unspecified atom stereocenters. The fraction of sp³-hybridized carbons (Fsp3) is 0.250. The van der Waals surface area contributed by atoms with Crippen molar-refractivity contribution in [1.82, 2.24) is 14.9 Å². The quantitative estimate of drug-likeness (QED) is 0.940. The molecule has 0 saturated carbocycles. The molecule has 0 radical (unpaired) electrons. The molecule has 14 heavy (non-hydrogen) atoms. The molecular formula is C8H8BrN3S2. The highest BCUT2D eigenvalue weighted by Gasteiger charge is 1.98. The van der Waals surface area contributed by atoms with E-state index in [0.29, 0.717) is 0 Å². The Hall–Kier alpha value is -0.300. The monoisotopic (exact) mass is 289 g/mol. The molecule has 0 aliphatic rings. The molecule has 0 bridgehead atoms. The van der Waals surface area contributed by atoms with Crippen molar-refractivity contribution in [3.8, 4) is 0 Å².